The molecule has 1 rings (SSSR count). The number of esters is 1. The highest BCUT2D eigenvalue weighted by molar-refractivity contribution is 5.73. The molecule has 1 aliphatic rings. The SMILES string of the molecule is C#C[C@@H]1CC(F)(F)C[C@H]1C(=O)OC. The highest BCUT2D eigenvalue weighted by Crippen LogP contribution is 2.43. The average molecular weight is 188 g/mol. The maximum atomic E-state index is 12.8. The van der Waals surface area contributed by atoms with Gasteiger partial charge in [-0.05, 0) is 0 Å². The smallest absolute Gasteiger partial charge is 0.310 e. The summed E-state index contributed by atoms with van der Waals surface area (Å²) in [6.07, 6.45) is 4.14. The summed E-state index contributed by atoms with van der Waals surface area (Å²) < 4.78 is 30.0. The summed E-state index contributed by atoms with van der Waals surface area (Å²) in [5.41, 5.74) is 0. The minimum absolute atomic E-state index is 0.413. The van der Waals surface area contributed by atoms with Crippen molar-refractivity contribution in [3.05, 3.63) is 0 Å². The Morgan fingerprint density at radius 3 is 2.69 bits per heavy atom. The first-order valence-corrected chi connectivity index (χ1v) is 3.92. The second-order valence-electron chi connectivity index (χ2n) is 3.17. The summed E-state index contributed by atoms with van der Waals surface area (Å²) in [5.74, 6) is -2.79. The van der Waals surface area contributed by atoms with Gasteiger partial charge in [0.1, 0.15) is 0 Å². The van der Waals surface area contributed by atoms with E-state index < -0.39 is 36.6 Å². The molecule has 0 saturated heterocycles. The zero-order valence-corrected chi connectivity index (χ0v) is 7.22. The molecule has 4 heteroatoms. The van der Waals surface area contributed by atoms with Gasteiger partial charge in [0.2, 0.25) is 5.92 Å². The largest absolute Gasteiger partial charge is 0.469 e. The van der Waals surface area contributed by atoms with Gasteiger partial charge >= 0.3 is 5.97 Å². The van der Waals surface area contributed by atoms with Gasteiger partial charge < -0.3 is 4.74 Å². The van der Waals surface area contributed by atoms with Crippen molar-refractivity contribution in [2.45, 2.75) is 18.8 Å². The fraction of sp³-hybridized carbons (Fsp3) is 0.667. The normalized spacial score (nSPS) is 30.9. The molecule has 2 nitrogen and oxygen atoms in total. The van der Waals surface area contributed by atoms with Gasteiger partial charge in [0.05, 0.1) is 13.0 Å². The number of alkyl halides is 2. The van der Waals surface area contributed by atoms with Crippen LogP contribution in [-0.2, 0) is 9.53 Å². The molecule has 0 amide bonds. The third kappa shape index (κ3) is 1.97. The topological polar surface area (TPSA) is 26.3 Å². The number of carbonyl (C=O) groups is 1. The molecule has 0 aliphatic heterocycles. The highest BCUT2D eigenvalue weighted by atomic mass is 19.3. The first kappa shape index (κ1) is 9.97. The quantitative estimate of drug-likeness (QED) is 0.460. The van der Waals surface area contributed by atoms with Crippen molar-refractivity contribution in [2.24, 2.45) is 11.8 Å². The van der Waals surface area contributed by atoms with Crippen molar-refractivity contribution in [3.8, 4) is 12.3 Å². The van der Waals surface area contributed by atoms with Crippen LogP contribution in [0, 0.1) is 24.2 Å². The Kier molecular flexibility index (Phi) is 2.55. The number of terminal acetylenes is 1. The van der Waals surface area contributed by atoms with E-state index in [-0.39, 0.29) is 0 Å². The predicted octanol–water partition coefficient (Wildman–Crippen LogP) is 1.45. The van der Waals surface area contributed by atoms with Crippen molar-refractivity contribution in [1.82, 2.24) is 0 Å². The Morgan fingerprint density at radius 2 is 2.23 bits per heavy atom. The van der Waals surface area contributed by atoms with Crippen LogP contribution in [0.15, 0.2) is 0 Å². The van der Waals surface area contributed by atoms with E-state index in [2.05, 4.69) is 10.7 Å². The number of ether oxygens (including phenoxy) is 1. The predicted molar refractivity (Wildman–Crippen MR) is 42.0 cm³/mol. The number of methoxy groups -OCH3 is 1. The molecule has 13 heavy (non-hydrogen) atoms. The summed E-state index contributed by atoms with van der Waals surface area (Å²) in [4.78, 5) is 11.0. The van der Waals surface area contributed by atoms with Gasteiger partial charge in [-0.1, -0.05) is 0 Å². The van der Waals surface area contributed by atoms with Crippen molar-refractivity contribution in [2.75, 3.05) is 7.11 Å². The molecule has 0 aromatic carbocycles. The van der Waals surface area contributed by atoms with Gasteiger partial charge in [-0.3, -0.25) is 4.79 Å². The fourth-order valence-electron chi connectivity index (χ4n) is 1.59. The summed E-state index contributed by atoms with van der Waals surface area (Å²) >= 11 is 0. The van der Waals surface area contributed by atoms with Crippen molar-refractivity contribution in [3.63, 3.8) is 0 Å². The minimum atomic E-state index is -2.82. The third-order valence-corrected chi connectivity index (χ3v) is 2.24. The lowest BCUT2D eigenvalue weighted by Gasteiger charge is -2.09. The van der Waals surface area contributed by atoms with E-state index in [0.717, 1.165) is 0 Å². The van der Waals surface area contributed by atoms with Gasteiger partial charge in [-0.25, -0.2) is 8.78 Å². The van der Waals surface area contributed by atoms with Crippen LogP contribution < -0.4 is 0 Å². The molecule has 1 aliphatic carbocycles. The lowest BCUT2D eigenvalue weighted by atomic mass is 9.97. The molecule has 0 spiro atoms. The molecule has 2 atom stereocenters. The number of carbonyl (C=O) groups excluding carboxylic acids is 1. The van der Waals surface area contributed by atoms with E-state index in [1.54, 1.807) is 0 Å². The molecule has 0 aromatic rings. The molecule has 1 fully saturated rings. The molecule has 0 N–H and O–H groups in total. The van der Waals surface area contributed by atoms with E-state index in [4.69, 9.17) is 6.42 Å². The Balaban J connectivity index is 2.76. The molecular formula is C9H10F2O2. The Bertz CT molecular complexity index is 255. The number of rotatable bonds is 1. The van der Waals surface area contributed by atoms with Crippen LogP contribution in [0.5, 0.6) is 0 Å². The Labute approximate surface area is 75.3 Å². The molecule has 0 bridgehead atoms. The first-order valence-electron chi connectivity index (χ1n) is 3.92. The maximum absolute atomic E-state index is 12.8. The number of halogens is 2. The molecule has 0 aromatic heterocycles. The minimum Gasteiger partial charge on any atom is -0.469 e. The van der Waals surface area contributed by atoms with E-state index in [0.29, 0.717) is 0 Å². The van der Waals surface area contributed by atoms with Crippen molar-refractivity contribution in [1.29, 1.82) is 0 Å². The molecule has 1 saturated carbocycles. The summed E-state index contributed by atoms with van der Waals surface area (Å²) in [6, 6.07) is 0. The van der Waals surface area contributed by atoms with Crippen LogP contribution >= 0.6 is 0 Å². The molecule has 0 heterocycles. The highest BCUT2D eigenvalue weighted by Gasteiger charge is 2.49. The lowest BCUT2D eigenvalue weighted by Crippen LogP contribution is -2.19. The summed E-state index contributed by atoms with van der Waals surface area (Å²) in [5, 5.41) is 0. The second-order valence-corrected chi connectivity index (χ2v) is 3.17. The van der Waals surface area contributed by atoms with Crippen molar-refractivity contribution < 1.29 is 18.3 Å². The third-order valence-electron chi connectivity index (χ3n) is 2.24. The van der Waals surface area contributed by atoms with E-state index in [9.17, 15) is 13.6 Å². The van der Waals surface area contributed by atoms with Crippen LogP contribution in [0.25, 0.3) is 0 Å². The van der Waals surface area contributed by atoms with E-state index in [1.165, 1.54) is 7.11 Å². The van der Waals surface area contributed by atoms with Crippen LogP contribution in [0.2, 0.25) is 0 Å². The van der Waals surface area contributed by atoms with Gasteiger partial charge in [0.15, 0.2) is 0 Å². The average Bonchev–Trinajstić information content (AvgIpc) is 2.39. The van der Waals surface area contributed by atoms with E-state index >= 15 is 0 Å². The van der Waals surface area contributed by atoms with Gasteiger partial charge in [0, 0.05) is 18.8 Å². The second kappa shape index (κ2) is 3.33. The summed E-state index contributed by atoms with van der Waals surface area (Å²) in [7, 11) is 1.17. The van der Waals surface area contributed by atoms with Gasteiger partial charge in [-0.2, -0.15) is 0 Å². The zero-order valence-electron chi connectivity index (χ0n) is 7.22. The Morgan fingerprint density at radius 1 is 1.62 bits per heavy atom. The first-order chi connectivity index (χ1) is 6.00. The maximum Gasteiger partial charge on any atom is 0.310 e. The van der Waals surface area contributed by atoms with Gasteiger partial charge in [0.25, 0.3) is 0 Å². The van der Waals surface area contributed by atoms with Gasteiger partial charge in [-0.15, -0.1) is 12.3 Å². The molecule has 0 radical (unpaired) electrons. The van der Waals surface area contributed by atoms with Crippen LogP contribution in [0.1, 0.15) is 12.8 Å². The fourth-order valence-corrected chi connectivity index (χ4v) is 1.59. The van der Waals surface area contributed by atoms with Crippen LogP contribution in [0.4, 0.5) is 8.78 Å². The molecular weight excluding hydrogens is 178 g/mol. The van der Waals surface area contributed by atoms with Crippen LogP contribution in [-0.4, -0.2) is 19.0 Å². The van der Waals surface area contributed by atoms with E-state index in [1.807, 2.05) is 0 Å². The number of hydrogen-bond acceptors (Lipinski definition) is 2. The molecule has 72 valence electrons. The van der Waals surface area contributed by atoms with Crippen LogP contribution in [0.3, 0.4) is 0 Å². The summed E-state index contributed by atoms with van der Waals surface area (Å²) in [6.45, 7) is 0. The lowest BCUT2D eigenvalue weighted by molar-refractivity contribution is -0.146. The van der Waals surface area contributed by atoms with Crippen molar-refractivity contribution >= 4 is 5.97 Å². The standard InChI is InChI=1S/C9H10F2O2/c1-3-6-4-9(10,11)5-7(6)8(12)13-2/h1,6-7H,4-5H2,2H3/t6-,7-/m1/s1. The monoisotopic (exact) mass is 188 g/mol. The molecule has 0 unspecified atom stereocenters. The zero-order chi connectivity index (χ0) is 10.1. The Hall–Kier alpha value is -1.11. The number of hydrogen-bond donors (Lipinski definition) is 0.